The molecule has 0 radical (unpaired) electrons. The quantitative estimate of drug-likeness (QED) is 0.832. The molecule has 0 saturated carbocycles. The van der Waals surface area contributed by atoms with Gasteiger partial charge < -0.3 is 10.5 Å². The summed E-state index contributed by atoms with van der Waals surface area (Å²) < 4.78 is 5.62. The monoisotopic (exact) mass is 323 g/mol. The van der Waals surface area contributed by atoms with Crippen LogP contribution in [0.2, 0.25) is 0 Å². The van der Waals surface area contributed by atoms with Crippen molar-refractivity contribution in [3.63, 3.8) is 0 Å². The molecule has 1 aromatic carbocycles. The van der Waals surface area contributed by atoms with Crippen LogP contribution in [0.4, 0.5) is 0 Å². The Kier molecular flexibility index (Phi) is 3.96. The Bertz CT molecular complexity index is 607. The number of rotatable bonds is 4. The molecule has 1 aromatic heterocycles. The van der Waals surface area contributed by atoms with Crippen molar-refractivity contribution in [3.8, 4) is 11.3 Å². The van der Waals surface area contributed by atoms with Crippen LogP contribution in [0.15, 0.2) is 34.8 Å². The lowest BCUT2D eigenvalue weighted by molar-refractivity contribution is -0.121. The maximum atomic E-state index is 11.5. The molecule has 0 bridgehead atoms. The molecule has 0 aliphatic heterocycles. The molecule has 19 heavy (non-hydrogen) atoms. The molecule has 0 spiro atoms. The standard InChI is InChI=1S/C12H10BrN3O3/c13-8-3-1-7(2-4-8)9-5-10(16-15-9)12(18)19-6-11(14)17/h1-5H,6H2,(H2,14,17)(H,15,16). The number of benzene rings is 1. The number of carbonyl (C=O) groups is 2. The minimum absolute atomic E-state index is 0.166. The molecule has 0 unspecified atom stereocenters. The average molecular weight is 324 g/mol. The maximum Gasteiger partial charge on any atom is 0.356 e. The van der Waals surface area contributed by atoms with E-state index in [0.29, 0.717) is 5.69 Å². The summed E-state index contributed by atoms with van der Waals surface area (Å²) in [5.74, 6) is -1.38. The van der Waals surface area contributed by atoms with Crippen molar-refractivity contribution >= 4 is 27.8 Å². The highest BCUT2D eigenvalue weighted by Gasteiger charge is 2.13. The topological polar surface area (TPSA) is 98.1 Å². The van der Waals surface area contributed by atoms with Crippen LogP contribution in [0.1, 0.15) is 10.5 Å². The van der Waals surface area contributed by atoms with Gasteiger partial charge in [0.25, 0.3) is 5.91 Å². The van der Waals surface area contributed by atoms with Gasteiger partial charge in [0.2, 0.25) is 0 Å². The third kappa shape index (κ3) is 3.41. The lowest BCUT2D eigenvalue weighted by Gasteiger charge is -1.98. The molecule has 0 atom stereocenters. The number of esters is 1. The summed E-state index contributed by atoms with van der Waals surface area (Å²) in [4.78, 5) is 22.0. The molecular formula is C12H10BrN3O3. The number of ether oxygens (including phenoxy) is 1. The molecule has 2 aromatic rings. The number of nitrogens with two attached hydrogens (primary N) is 1. The van der Waals surface area contributed by atoms with Crippen LogP contribution >= 0.6 is 15.9 Å². The second-order valence-electron chi connectivity index (χ2n) is 3.72. The largest absolute Gasteiger partial charge is 0.451 e. The minimum Gasteiger partial charge on any atom is -0.451 e. The van der Waals surface area contributed by atoms with Gasteiger partial charge in [0.05, 0.1) is 5.69 Å². The predicted octanol–water partition coefficient (Wildman–Crippen LogP) is 1.48. The number of nitrogens with zero attached hydrogens (tertiary/aromatic N) is 1. The van der Waals surface area contributed by atoms with Crippen molar-refractivity contribution < 1.29 is 14.3 Å². The van der Waals surface area contributed by atoms with Gasteiger partial charge in [-0.1, -0.05) is 28.1 Å². The first-order chi connectivity index (χ1) is 9.06. The second-order valence-corrected chi connectivity index (χ2v) is 4.63. The van der Waals surface area contributed by atoms with E-state index in [1.165, 1.54) is 0 Å². The van der Waals surface area contributed by atoms with Crippen LogP contribution in [0.5, 0.6) is 0 Å². The number of primary amides is 1. The lowest BCUT2D eigenvalue weighted by atomic mass is 10.1. The van der Waals surface area contributed by atoms with E-state index < -0.39 is 18.5 Å². The van der Waals surface area contributed by atoms with Gasteiger partial charge in [-0.2, -0.15) is 5.10 Å². The Hall–Kier alpha value is -2.15. The second kappa shape index (κ2) is 5.66. The van der Waals surface area contributed by atoms with Gasteiger partial charge in [-0.05, 0) is 18.2 Å². The normalized spacial score (nSPS) is 10.2. The fourth-order valence-corrected chi connectivity index (χ4v) is 1.67. The number of hydrogen-bond acceptors (Lipinski definition) is 4. The summed E-state index contributed by atoms with van der Waals surface area (Å²) in [6.45, 7) is -0.453. The van der Waals surface area contributed by atoms with Gasteiger partial charge >= 0.3 is 5.97 Å². The number of amides is 1. The highest BCUT2D eigenvalue weighted by Crippen LogP contribution is 2.20. The molecule has 6 nitrogen and oxygen atoms in total. The van der Waals surface area contributed by atoms with Crippen LogP contribution in [0.25, 0.3) is 11.3 Å². The van der Waals surface area contributed by atoms with Gasteiger partial charge in [-0.3, -0.25) is 9.89 Å². The van der Waals surface area contributed by atoms with E-state index in [1.54, 1.807) is 6.07 Å². The Balaban J connectivity index is 2.12. The Morgan fingerprint density at radius 3 is 2.63 bits per heavy atom. The highest BCUT2D eigenvalue weighted by atomic mass is 79.9. The van der Waals surface area contributed by atoms with Gasteiger partial charge in [0.1, 0.15) is 5.69 Å². The molecule has 0 fully saturated rings. The molecule has 3 N–H and O–H groups in total. The average Bonchev–Trinajstić information content (AvgIpc) is 2.86. The third-order valence-electron chi connectivity index (χ3n) is 2.28. The molecule has 0 saturated heterocycles. The van der Waals surface area contributed by atoms with E-state index in [4.69, 9.17) is 5.73 Å². The SMILES string of the molecule is NC(=O)COC(=O)c1cc(-c2ccc(Br)cc2)n[nH]1. The van der Waals surface area contributed by atoms with Gasteiger partial charge in [-0.25, -0.2) is 4.79 Å². The number of aromatic amines is 1. The van der Waals surface area contributed by atoms with E-state index in [2.05, 4.69) is 30.9 Å². The molecule has 0 aliphatic rings. The number of H-pyrrole nitrogens is 1. The van der Waals surface area contributed by atoms with E-state index in [0.717, 1.165) is 10.0 Å². The van der Waals surface area contributed by atoms with E-state index in [1.807, 2.05) is 24.3 Å². The van der Waals surface area contributed by atoms with Crippen molar-refractivity contribution in [2.45, 2.75) is 0 Å². The predicted molar refractivity (Wildman–Crippen MR) is 71.2 cm³/mol. The fourth-order valence-electron chi connectivity index (χ4n) is 1.41. The zero-order chi connectivity index (χ0) is 13.8. The number of nitrogens with one attached hydrogen (secondary N) is 1. The number of carbonyl (C=O) groups excluding carboxylic acids is 2. The van der Waals surface area contributed by atoms with Gasteiger partial charge in [0.15, 0.2) is 6.61 Å². The van der Waals surface area contributed by atoms with Crippen molar-refractivity contribution in [1.82, 2.24) is 10.2 Å². The first-order valence-electron chi connectivity index (χ1n) is 5.33. The summed E-state index contributed by atoms with van der Waals surface area (Å²) >= 11 is 3.33. The third-order valence-corrected chi connectivity index (χ3v) is 2.81. The Labute approximate surface area is 117 Å². The van der Waals surface area contributed by atoms with Gasteiger partial charge in [-0.15, -0.1) is 0 Å². The van der Waals surface area contributed by atoms with Crippen LogP contribution < -0.4 is 5.73 Å². The maximum absolute atomic E-state index is 11.5. The zero-order valence-electron chi connectivity index (χ0n) is 9.72. The molecular weight excluding hydrogens is 314 g/mol. The van der Waals surface area contributed by atoms with Crippen molar-refractivity contribution in [3.05, 3.63) is 40.5 Å². The summed E-state index contributed by atoms with van der Waals surface area (Å²) in [6, 6.07) is 9.01. The number of hydrogen-bond donors (Lipinski definition) is 2. The molecule has 98 valence electrons. The molecule has 1 heterocycles. The summed E-state index contributed by atoms with van der Waals surface area (Å²) in [5.41, 5.74) is 6.51. The van der Waals surface area contributed by atoms with Crippen LogP contribution in [-0.2, 0) is 9.53 Å². The summed E-state index contributed by atoms with van der Waals surface area (Å²) in [7, 11) is 0. The van der Waals surface area contributed by atoms with Crippen LogP contribution in [-0.4, -0.2) is 28.7 Å². The van der Waals surface area contributed by atoms with Crippen molar-refractivity contribution in [2.75, 3.05) is 6.61 Å². The van der Waals surface area contributed by atoms with Crippen LogP contribution in [0.3, 0.4) is 0 Å². The minimum atomic E-state index is -0.707. The molecule has 7 heteroatoms. The highest BCUT2D eigenvalue weighted by molar-refractivity contribution is 9.10. The summed E-state index contributed by atoms with van der Waals surface area (Å²) in [6.07, 6.45) is 0. The smallest absolute Gasteiger partial charge is 0.356 e. The van der Waals surface area contributed by atoms with Crippen molar-refractivity contribution in [1.29, 1.82) is 0 Å². The van der Waals surface area contributed by atoms with E-state index in [-0.39, 0.29) is 5.69 Å². The Morgan fingerprint density at radius 2 is 2.00 bits per heavy atom. The first kappa shape index (κ1) is 13.3. The lowest BCUT2D eigenvalue weighted by Crippen LogP contribution is -2.21. The van der Waals surface area contributed by atoms with Gasteiger partial charge in [0, 0.05) is 10.0 Å². The Morgan fingerprint density at radius 1 is 1.32 bits per heavy atom. The summed E-state index contributed by atoms with van der Waals surface area (Å²) in [5, 5.41) is 6.56. The number of aromatic nitrogens is 2. The zero-order valence-corrected chi connectivity index (χ0v) is 11.3. The number of halogens is 1. The van der Waals surface area contributed by atoms with Crippen molar-refractivity contribution in [2.24, 2.45) is 5.73 Å². The molecule has 2 rings (SSSR count). The van der Waals surface area contributed by atoms with E-state index >= 15 is 0 Å². The fraction of sp³-hybridized carbons (Fsp3) is 0.0833. The van der Waals surface area contributed by atoms with Crippen LogP contribution in [0, 0.1) is 0 Å². The van der Waals surface area contributed by atoms with E-state index in [9.17, 15) is 9.59 Å². The first-order valence-corrected chi connectivity index (χ1v) is 6.12. The molecule has 1 amide bonds. The molecule has 0 aliphatic carbocycles.